The van der Waals surface area contributed by atoms with Crippen LogP contribution in [0.4, 0.5) is 0 Å². The van der Waals surface area contributed by atoms with Crippen LogP contribution in [0.5, 0.6) is 0 Å². The Hall–Kier alpha value is -0.880. The molecule has 0 saturated carbocycles. The standard InChI is InChI=1S/C14H19ClN2O2S/c1-16-14-3-2-9-17(11-14)20(18,19)10-8-12-4-6-13(15)7-5-12/h4-8,10,14,16H,2-3,9,11H2,1H3. The first kappa shape index (κ1) is 15.5. The molecule has 1 atom stereocenters. The summed E-state index contributed by atoms with van der Waals surface area (Å²) in [5.74, 6) is 0. The second-order valence-corrected chi connectivity index (χ2v) is 7.14. The van der Waals surface area contributed by atoms with Crippen molar-refractivity contribution in [3.63, 3.8) is 0 Å². The van der Waals surface area contributed by atoms with Gasteiger partial charge in [0, 0.05) is 29.6 Å². The van der Waals surface area contributed by atoms with Gasteiger partial charge in [0.05, 0.1) is 0 Å². The maximum atomic E-state index is 12.3. The Morgan fingerprint density at radius 2 is 2.05 bits per heavy atom. The van der Waals surface area contributed by atoms with Gasteiger partial charge < -0.3 is 5.32 Å². The molecule has 0 aliphatic carbocycles. The quantitative estimate of drug-likeness (QED) is 0.928. The van der Waals surface area contributed by atoms with E-state index >= 15 is 0 Å². The van der Waals surface area contributed by atoms with E-state index in [-0.39, 0.29) is 6.04 Å². The van der Waals surface area contributed by atoms with Crippen LogP contribution < -0.4 is 5.32 Å². The number of halogens is 1. The minimum absolute atomic E-state index is 0.238. The fourth-order valence-electron chi connectivity index (χ4n) is 2.23. The van der Waals surface area contributed by atoms with Crippen LogP contribution in [-0.4, -0.2) is 38.9 Å². The molecule has 20 heavy (non-hydrogen) atoms. The van der Waals surface area contributed by atoms with E-state index in [0.29, 0.717) is 18.1 Å². The van der Waals surface area contributed by atoms with Gasteiger partial charge in [0.2, 0.25) is 10.0 Å². The van der Waals surface area contributed by atoms with Crippen LogP contribution in [0, 0.1) is 0 Å². The lowest BCUT2D eigenvalue weighted by molar-refractivity contribution is 0.295. The van der Waals surface area contributed by atoms with Gasteiger partial charge in [-0.1, -0.05) is 23.7 Å². The molecule has 1 aliphatic rings. The Morgan fingerprint density at radius 1 is 1.35 bits per heavy atom. The van der Waals surface area contributed by atoms with Crippen molar-refractivity contribution in [1.82, 2.24) is 9.62 Å². The molecule has 0 amide bonds. The molecule has 0 spiro atoms. The number of rotatable bonds is 4. The van der Waals surface area contributed by atoms with E-state index in [4.69, 9.17) is 11.6 Å². The molecular weight excluding hydrogens is 296 g/mol. The van der Waals surface area contributed by atoms with E-state index in [9.17, 15) is 8.42 Å². The predicted octanol–water partition coefficient (Wildman–Crippen LogP) is 2.32. The van der Waals surface area contributed by atoms with Gasteiger partial charge in [0.1, 0.15) is 0 Å². The van der Waals surface area contributed by atoms with E-state index in [2.05, 4.69) is 5.32 Å². The summed E-state index contributed by atoms with van der Waals surface area (Å²) in [5, 5.41) is 5.05. The lowest BCUT2D eigenvalue weighted by Gasteiger charge is -2.30. The fourth-order valence-corrected chi connectivity index (χ4v) is 3.63. The smallest absolute Gasteiger partial charge is 0.236 e. The first-order chi connectivity index (χ1) is 9.51. The molecular formula is C14H19ClN2O2S. The van der Waals surface area contributed by atoms with Gasteiger partial charge in [0.25, 0.3) is 0 Å². The maximum Gasteiger partial charge on any atom is 0.236 e. The first-order valence-corrected chi connectivity index (χ1v) is 8.50. The number of likely N-dealkylation sites (N-methyl/N-ethyl adjacent to an activating group) is 1. The van der Waals surface area contributed by atoms with E-state index in [1.807, 2.05) is 7.05 Å². The third-order valence-corrected chi connectivity index (χ3v) is 5.24. The van der Waals surface area contributed by atoms with Gasteiger partial charge in [-0.25, -0.2) is 8.42 Å². The Bertz CT molecular complexity index is 569. The minimum Gasteiger partial charge on any atom is -0.316 e. The lowest BCUT2D eigenvalue weighted by atomic mass is 10.1. The SMILES string of the molecule is CNC1CCCN(S(=O)(=O)C=Cc2ccc(Cl)cc2)C1. The number of hydrogen-bond acceptors (Lipinski definition) is 3. The number of nitrogens with one attached hydrogen (secondary N) is 1. The van der Waals surface area contributed by atoms with Crippen LogP contribution in [0.3, 0.4) is 0 Å². The zero-order valence-electron chi connectivity index (χ0n) is 11.4. The number of benzene rings is 1. The zero-order valence-corrected chi connectivity index (χ0v) is 13.0. The molecule has 0 bridgehead atoms. The number of piperidine rings is 1. The van der Waals surface area contributed by atoms with Crippen molar-refractivity contribution in [2.75, 3.05) is 20.1 Å². The summed E-state index contributed by atoms with van der Waals surface area (Å²) in [6, 6.07) is 7.31. The highest BCUT2D eigenvalue weighted by Gasteiger charge is 2.26. The van der Waals surface area contributed by atoms with Crippen molar-refractivity contribution in [3.8, 4) is 0 Å². The third kappa shape index (κ3) is 4.06. The summed E-state index contributed by atoms with van der Waals surface area (Å²) in [5.41, 5.74) is 0.820. The average molecular weight is 315 g/mol. The molecule has 110 valence electrons. The molecule has 1 aromatic carbocycles. The molecule has 1 heterocycles. The molecule has 1 saturated heterocycles. The number of nitrogens with zero attached hydrogens (tertiary/aromatic N) is 1. The van der Waals surface area contributed by atoms with Crippen LogP contribution in [-0.2, 0) is 10.0 Å². The topological polar surface area (TPSA) is 49.4 Å². The molecule has 2 rings (SSSR count). The molecule has 1 aliphatic heterocycles. The highest BCUT2D eigenvalue weighted by atomic mass is 35.5. The predicted molar refractivity (Wildman–Crippen MR) is 83.1 cm³/mol. The summed E-state index contributed by atoms with van der Waals surface area (Å²) in [6.45, 7) is 1.12. The summed E-state index contributed by atoms with van der Waals surface area (Å²) in [7, 11) is -1.49. The van der Waals surface area contributed by atoms with E-state index in [1.54, 1.807) is 30.3 Å². The Labute approximate surface area is 125 Å². The summed E-state index contributed by atoms with van der Waals surface area (Å²) < 4.78 is 26.1. The Kier molecular flexibility index (Phi) is 5.21. The fraction of sp³-hybridized carbons (Fsp3) is 0.429. The molecule has 6 heteroatoms. The van der Waals surface area contributed by atoms with Gasteiger partial charge in [-0.15, -0.1) is 0 Å². The monoisotopic (exact) mass is 314 g/mol. The zero-order chi connectivity index (χ0) is 14.6. The Balaban J connectivity index is 2.08. The second-order valence-electron chi connectivity index (χ2n) is 4.89. The van der Waals surface area contributed by atoms with Gasteiger partial charge in [-0.3, -0.25) is 0 Å². The summed E-state index contributed by atoms with van der Waals surface area (Å²) >= 11 is 5.80. The van der Waals surface area contributed by atoms with Crippen molar-refractivity contribution in [3.05, 3.63) is 40.3 Å². The van der Waals surface area contributed by atoms with E-state index in [1.165, 1.54) is 9.71 Å². The second kappa shape index (κ2) is 6.72. The van der Waals surface area contributed by atoms with Crippen LogP contribution in [0.15, 0.2) is 29.7 Å². The van der Waals surface area contributed by atoms with Crippen LogP contribution in [0.1, 0.15) is 18.4 Å². The van der Waals surface area contributed by atoms with Crippen molar-refractivity contribution in [1.29, 1.82) is 0 Å². The number of hydrogen-bond donors (Lipinski definition) is 1. The third-order valence-electron chi connectivity index (χ3n) is 3.45. The van der Waals surface area contributed by atoms with Crippen LogP contribution in [0.25, 0.3) is 6.08 Å². The number of sulfonamides is 1. The largest absolute Gasteiger partial charge is 0.316 e. The van der Waals surface area contributed by atoms with Crippen molar-refractivity contribution < 1.29 is 8.42 Å². The van der Waals surface area contributed by atoms with Gasteiger partial charge in [-0.2, -0.15) is 4.31 Å². The van der Waals surface area contributed by atoms with E-state index in [0.717, 1.165) is 18.4 Å². The van der Waals surface area contributed by atoms with Gasteiger partial charge in [-0.05, 0) is 43.7 Å². The lowest BCUT2D eigenvalue weighted by Crippen LogP contribution is -2.46. The van der Waals surface area contributed by atoms with Crippen LogP contribution >= 0.6 is 11.6 Å². The Morgan fingerprint density at radius 3 is 2.70 bits per heavy atom. The molecule has 0 aromatic heterocycles. The molecule has 1 unspecified atom stereocenters. The normalized spacial score (nSPS) is 21.4. The van der Waals surface area contributed by atoms with Crippen molar-refractivity contribution in [2.45, 2.75) is 18.9 Å². The van der Waals surface area contributed by atoms with E-state index < -0.39 is 10.0 Å². The molecule has 0 radical (unpaired) electrons. The summed E-state index contributed by atoms with van der Waals surface area (Å²) in [6.07, 6.45) is 3.51. The molecule has 1 N–H and O–H groups in total. The first-order valence-electron chi connectivity index (χ1n) is 6.62. The summed E-state index contributed by atoms with van der Waals surface area (Å²) in [4.78, 5) is 0. The minimum atomic E-state index is -3.35. The molecule has 1 fully saturated rings. The molecule has 1 aromatic rings. The van der Waals surface area contributed by atoms with Crippen LogP contribution in [0.2, 0.25) is 5.02 Å². The molecule has 4 nitrogen and oxygen atoms in total. The van der Waals surface area contributed by atoms with Crippen molar-refractivity contribution in [2.24, 2.45) is 0 Å². The average Bonchev–Trinajstić information content (AvgIpc) is 2.47. The van der Waals surface area contributed by atoms with Crippen molar-refractivity contribution >= 4 is 27.7 Å². The van der Waals surface area contributed by atoms with Gasteiger partial charge in [0.15, 0.2) is 0 Å². The highest BCUT2D eigenvalue weighted by Crippen LogP contribution is 2.16. The maximum absolute atomic E-state index is 12.3. The van der Waals surface area contributed by atoms with Gasteiger partial charge >= 0.3 is 0 Å². The highest BCUT2D eigenvalue weighted by molar-refractivity contribution is 7.92.